The zero-order valence-electron chi connectivity index (χ0n) is 10.2. The molecule has 0 unspecified atom stereocenters. The van der Waals surface area contributed by atoms with Crippen LogP contribution in [0.4, 0.5) is 5.82 Å². The van der Waals surface area contributed by atoms with Gasteiger partial charge in [-0.15, -0.1) is 0 Å². The molecule has 0 amide bonds. The summed E-state index contributed by atoms with van der Waals surface area (Å²) < 4.78 is 0. The van der Waals surface area contributed by atoms with E-state index in [2.05, 4.69) is 48.0 Å². The van der Waals surface area contributed by atoms with Gasteiger partial charge in [0.2, 0.25) is 0 Å². The maximum absolute atomic E-state index is 4.56. The SMILES string of the molecule is CC(C)Nc1nc(C(C)C)nc2cc[nH]c12. The highest BCUT2D eigenvalue weighted by Crippen LogP contribution is 2.22. The van der Waals surface area contributed by atoms with Gasteiger partial charge in [-0.25, -0.2) is 9.97 Å². The van der Waals surface area contributed by atoms with Gasteiger partial charge in [0.25, 0.3) is 0 Å². The minimum Gasteiger partial charge on any atom is -0.366 e. The Morgan fingerprint density at radius 1 is 1.19 bits per heavy atom. The molecular formula is C12H18N4. The molecule has 4 nitrogen and oxygen atoms in total. The standard InChI is InChI=1S/C12H18N4/c1-7(2)11-15-9-5-6-13-10(9)12(16-11)14-8(3)4/h5-8,13H,1-4H3,(H,14,15,16). The average Bonchev–Trinajstić information content (AvgIpc) is 2.64. The number of H-pyrrole nitrogens is 1. The van der Waals surface area contributed by atoms with Crippen LogP contribution in [0.1, 0.15) is 39.4 Å². The molecule has 86 valence electrons. The second-order valence-corrected chi connectivity index (χ2v) is 4.62. The van der Waals surface area contributed by atoms with Gasteiger partial charge >= 0.3 is 0 Å². The molecule has 0 aliphatic rings. The van der Waals surface area contributed by atoms with E-state index in [1.807, 2.05) is 12.3 Å². The lowest BCUT2D eigenvalue weighted by molar-refractivity contribution is 0.778. The van der Waals surface area contributed by atoms with Crippen LogP contribution < -0.4 is 5.32 Å². The Bertz CT molecular complexity index is 485. The first kappa shape index (κ1) is 10.9. The van der Waals surface area contributed by atoms with Crippen molar-refractivity contribution in [3.05, 3.63) is 18.1 Å². The summed E-state index contributed by atoms with van der Waals surface area (Å²) in [7, 11) is 0. The van der Waals surface area contributed by atoms with Crippen molar-refractivity contribution in [2.45, 2.75) is 39.7 Å². The van der Waals surface area contributed by atoms with E-state index >= 15 is 0 Å². The van der Waals surface area contributed by atoms with Crippen LogP contribution in [0.25, 0.3) is 11.0 Å². The highest BCUT2D eigenvalue weighted by Gasteiger charge is 2.11. The quantitative estimate of drug-likeness (QED) is 0.832. The lowest BCUT2D eigenvalue weighted by Crippen LogP contribution is -2.13. The molecule has 0 atom stereocenters. The molecule has 4 heteroatoms. The summed E-state index contributed by atoms with van der Waals surface area (Å²) >= 11 is 0. The summed E-state index contributed by atoms with van der Waals surface area (Å²) in [6, 6.07) is 2.34. The monoisotopic (exact) mass is 218 g/mol. The second kappa shape index (κ2) is 4.12. The fourth-order valence-corrected chi connectivity index (χ4v) is 1.60. The van der Waals surface area contributed by atoms with Crippen molar-refractivity contribution < 1.29 is 0 Å². The fourth-order valence-electron chi connectivity index (χ4n) is 1.60. The third kappa shape index (κ3) is 2.01. The van der Waals surface area contributed by atoms with E-state index in [4.69, 9.17) is 0 Å². The zero-order chi connectivity index (χ0) is 11.7. The molecular weight excluding hydrogens is 200 g/mol. The number of anilines is 1. The van der Waals surface area contributed by atoms with E-state index in [-0.39, 0.29) is 0 Å². The Labute approximate surface area is 95.5 Å². The van der Waals surface area contributed by atoms with Crippen LogP contribution in [0, 0.1) is 0 Å². The summed E-state index contributed by atoms with van der Waals surface area (Å²) in [4.78, 5) is 12.3. The normalized spacial score (nSPS) is 11.6. The molecule has 0 aliphatic heterocycles. The Morgan fingerprint density at radius 3 is 2.56 bits per heavy atom. The largest absolute Gasteiger partial charge is 0.366 e. The van der Waals surface area contributed by atoms with Crippen molar-refractivity contribution in [1.82, 2.24) is 15.0 Å². The predicted molar refractivity (Wildman–Crippen MR) is 66.7 cm³/mol. The molecule has 0 fully saturated rings. The number of hydrogen-bond donors (Lipinski definition) is 2. The summed E-state index contributed by atoms with van der Waals surface area (Å²) in [6.07, 6.45) is 1.90. The van der Waals surface area contributed by atoms with Crippen LogP contribution in [-0.4, -0.2) is 21.0 Å². The predicted octanol–water partition coefficient (Wildman–Crippen LogP) is 2.90. The van der Waals surface area contributed by atoms with Gasteiger partial charge in [-0.05, 0) is 19.9 Å². The smallest absolute Gasteiger partial charge is 0.154 e. The molecule has 0 saturated carbocycles. The van der Waals surface area contributed by atoms with E-state index in [0.717, 1.165) is 22.7 Å². The van der Waals surface area contributed by atoms with Gasteiger partial charge in [0.15, 0.2) is 5.82 Å². The third-order valence-electron chi connectivity index (χ3n) is 2.36. The molecule has 0 radical (unpaired) electrons. The minimum absolute atomic E-state index is 0.340. The van der Waals surface area contributed by atoms with Gasteiger partial charge in [-0.1, -0.05) is 13.8 Å². The second-order valence-electron chi connectivity index (χ2n) is 4.62. The van der Waals surface area contributed by atoms with Crippen LogP contribution in [0.3, 0.4) is 0 Å². The summed E-state index contributed by atoms with van der Waals surface area (Å²) in [5.41, 5.74) is 1.96. The van der Waals surface area contributed by atoms with Crippen molar-refractivity contribution >= 4 is 16.9 Å². The van der Waals surface area contributed by atoms with Gasteiger partial charge in [-0.2, -0.15) is 0 Å². The van der Waals surface area contributed by atoms with Crippen LogP contribution in [0.5, 0.6) is 0 Å². The molecule has 2 aromatic rings. The van der Waals surface area contributed by atoms with Gasteiger partial charge in [0, 0.05) is 18.2 Å². The molecule has 0 spiro atoms. The molecule has 16 heavy (non-hydrogen) atoms. The van der Waals surface area contributed by atoms with E-state index < -0.39 is 0 Å². The van der Waals surface area contributed by atoms with Gasteiger partial charge in [-0.3, -0.25) is 0 Å². The molecule has 2 N–H and O–H groups in total. The van der Waals surface area contributed by atoms with Crippen molar-refractivity contribution in [3.8, 4) is 0 Å². The molecule has 2 aromatic heterocycles. The Balaban J connectivity index is 2.54. The molecule has 0 saturated heterocycles. The lowest BCUT2D eigenvalue weighted by atomic mass is 10.2. The molecule has 0 aromatic carbocycles. The maximum Gasteiger partial charge on any atom is 0.154 e. The molecule has 2 rings (SSSR count). The maximum atomic E-state index is 4.56. The van der Waals surface area contributed by atoms with E-state index in [9.17, 15) is 0 Å². The third-order valence-corrected chi connectivity index (χ3v) is 2.36. The Kier molecular flexibility index (Phi) is 2.81. The van der Waals surface area contributed by atoms with Crippen LogP contribution in [0.15, 0.2) is 12.3 Å². The fraction of sp³-hybridized carbons (Fsp3) is 0.500. The Morgan fingerprint density at radius 2 is 1.94 bits per heavy atom. The van der Waals surface area contributed by atoms with E-state index in [0.29, 0.717) is 12.0 Å². The summed E-state index contributed by atoms with van der Waals surface area (Å²) in [5.74, 6) is 2.12. The van der Waals surface area contributed by atoms with Gasteiger partial charge < -0.3 is 10.3 Å². The van der Waals surface area contributed by atoms with Crippen molar-refractivity contribution in [2.75, 3.05) is 5.32 Å². The highest BCUT2D eigenvalue weighted by molar-refractivity contribution is 5.85. The number of fused-ring (bicyclic) bond motifs is 1. The molecule has 0 aliphatic carbocycles. The number of hydrogen-bond acceptors (Lipinski definition) is 3. The number of aromatic nitrogens is 3. The number of rotatable bonds is 3. The van der Waals surface area contributed by atoms with Crippen LogP contribution in [-0.2, 0) is 0 Å². The Hall–Kier alpha value is -1.58. The molecule has 0 bridgehead atoms. The van der Waals surface area contributed by atoms with Crippen LogP contribution in [0.2, 0.25) is 0 Å². The van der Waals surface area contributed by atoms with Crippen molar-refractivity contribution in [2.24, 2.45) is 0 Å². The van der Waals surface area contributed by atoms with Crippen LogP contribution >= 0.6 is 0 Å². The first-order valence-electron chi connectivity index (χ1n) is 5.69. The summed E-state index contributed by atoms with van der Waals surface area (Å²) in [5, 5.41) is 3.35. The van der Waals surface area contributed by atoms with E-state index in [1.165, 1.54) is 0 Å². The number of aromatic amines is 1. The summed E-state index contributed by atoms with van der Waals surface area (Å²) in [6.45, 7) is 8.41. The highest BCUT2D eigenvalue weighted by atomic mass is 15.1. The number of nitrogens with one attached hydrogen (secondary N) is 2. The molecule has 2 heterocycles. The van der Waals surface area contributed by atoms with Crippen molar-refractivity contribution in [1.29, 1.82) is 0 Å². The zero-order valence-corrected chi connectivity index (χ0v) is 10.2. The van der Waals surface area contributed by atoms with Gasteiger partial charge in [0.1, 0.15) is 11.3 Å². The lowest BCUT2D eigenvalue weighted by Gasteiger charge is -2.12. The average molecular weight is 218 g/mol. The van der Waals surface area contributed by atoms with E-state index in [1.54, 1.807) is 0 Å². The topological polar surface area (TPSA) is 53.6 Å². The first-order chi connectivity index (χ1) is 7.58. The minimum atomic E-state index is 0.340. The van der Waals surface area contributed by atoms with Gasteiger partial charge in [0.05, 0.1) is 5.52 Å². The number of nitrogens with zero attached hydrogens (tertiary/aromatic N) is 2. The first-order valence-corrected chi connectivity index (χ1v) is 5.69. The van der Waals surface area contributed by atoms with Crippen molar-refractivity contribution in [3.63, 3.8) is 0 Å².